The van der Waals surface area contributed by atoms with Crippen LogP contribution in [0.25, 0.3) is 0 Å². The van der Waals surface area contributed by atoms with E-state index in [9.17, 15) is 22.4 Å². The molecule has 0 unspecified atom stereocenters. The van der Waals surface area contributed by atoms with Gasteiger partial charge in [0.15, 0.2) is 0 Å². The molecule has 1 fully saturated rings. The number of carbonyl (C=O) groups is 1. The van der Waals surface area contributed by atoms with Gasteiger partial charge in [0, 0.05) is 19.6 Å². The summed E-state index contributed by atoms with van der Waals surface area (Å²) < 4.78 is 59.2. The smallest absolute Gasteiger partial charge is 0.406 e. The lowest BCUT2D eigenvalue weighted by Crippen LogP contribution is -2.44. The van der Waals surface area contributed by atoms with Crippen LogP contribution in [0.15, 0.2) is 48.5 Å². The molecule has 1 saturated heterocycles. The average Bonchev–Trinajstić information content (AvgIpc) is 2.71. The topological polar surface area (TPSA) is 50.8 Å². The molecule has 0 radical (unpaired) electrons. The van der Waals surface area contributed by atoms with E-state index in [-0.39, 0.29) is 29.9 Å². The van der Waals surface area contributed by atoms with E-state index in [1.165, 1.54) is 36.4 Å². The Kier molecular flexibility index (Phi) is 7.28. The Morgan fingerprint density at radius 2 is 1.70 bits per heavy atom. The molecule has 1 aliphatic heterocycles. The van der Waals surface area contributed by atoms with Gasteiger partial charge in [0.1, 0.15) is 11.6 Å². The lowest BCUT2D eigenvalue weighted by atomic mass is 10.0. The standard InChI is InChI=1S/C21H22F4N2O3/c22-17-5-3-16(4-6-17)19(27-9-11-29-12-10-27)14-26-20(28)13-15-1-7-18(8-2-15)30-21(23,24)25/h1-8,19H,9-14H2,(H,26,28)/t19-/m0/s1. The summed E-state index contributed by atoms with van der Waals surface area (Å²) in [5, 5.41) is 2.87. The van der Waals surface area contributed by atoms with Crippen molar-refractivity contribution in [3.8, 4) is 5.75 Å². The zero-order chi connectivity index (χ0) is 21.6. The third kappa shape index (κ3) is 6.70. The normalized spacial score (nSPS) is 16.1. The molecule has 0 aromatic heterocycles. The number of hydrogen-bond acceptors (Lipinski definition) is 4. The average molecular weight is 426 g/mol. The first kappa shape index (κ1) is 22.0. The number of hydrogen-bond donors (Lipinski definition) is 1. The maximum atomic E-state index is 13.3. The van der Waals surface area contributed by atoms with Gasteiger partial charge < -0.3 is 14.8 Å². The summed E-state index contributed by atoms with van der Waals surface area (Å²) in [4.78, 5) is 14.5. The van der Waals surface area contributed by atoms with Gasteiger partial charge in [-0.25, -0.2) is 4.39 Å². The summed E-state index contributed by atoms with van der Waals surface area (Å²) in [5.41, 5.74) is 1.44. The number of alkyl halides is 3. The highest BCUT2D eigenvalue weighted by atomic mass is 19.4. The van der Waals surface area contributed by atoms with Gasteiger partial charge in [0.05, 0.1) is 25.7 Å². The van der Waals surface area contributed by atoms with Crippen LogP contribution < -0.4 is 10.1 Å². The van der Waals surface area contributed by atoms with Crippen LogP contribution in [0, 0.1) is 5.82 Å². The van der Waals surface area contributed by atoms with Crippen molar-refractivity contribution in [1.82, 2.24) is 10.2 Å². The van der Waals surface area contributed by atoms with Crippen molar-refractivity contribution >= 4 is 5.91 Å². The molecule has 30 heavy (non-hydrogen) atoms. The van der Waals surface area contributed by atoms with E-state index in [1.54, 1.807) is 12.1 Å². The van der Waals surface area contributed by atoms with Crippen LogP contribution >= 0.6 is 0 Å². The fourth-order valence-electron chi connectivity index (χ4n) is 3.30. The van der Waals surface area contributed by atoms with Crippen LogP contribution in [-0.2, 0) is 16.0 Å². The molecular weight excluding hydrogens is 404 g/mol. The van der Waals surface area contributed by atoms with Crippen LogP contribution in [0.3, 0.4) is 0 Å². The van der Waals surface area contributed by atoms with Crippen LogP contribution in [0.2, 0.25) is 0 Å². The lowest BCUT2D eigenvalue weighted by molar-refractivity contribution is -0.274. The van der Waals surface area contributed by atoms with E-state index >= 15 is 0 Å². The van der Waals surface area contributed by atoms with Crippen LogP contribution in [0.1, 0.15) is 17.2 Å². The van der Waals surface area contributed by atoms with Crippen molar-refractivity contribution in [3.63, 3.8) is 0 Å². The number of morpholine rings is 1. The van der Waals surface area contributed by atoms with Gasteiger partial charge in [0.2, 0.25) is 5.91 Å². The number of nitrogens with one attached hydrogen (secondary N) is 1. The largest absolute Gasteiger partial charge is 0.573 e. The molecule has 2 aromatic rings. The zero-order valence-electron chi connectivity index (χ0n) is 16.1. The molecule has 1 aliphatic rings. The van der Waals surface area contributed by atoms with Gasteiger partial charge in [-0.3, -0.25) is 9.69 Å². The molecule has 0 bridgehead atoms. The highest BCUT2D eigenvalue weighted by molar-refractivity contribution is 5.78. The molecular formula is C21H22F4N2O3. The Morgan fingerprint density at radius 3 is 2.30 bits per heavy atom. The van der Waals surface area contributed by atoms with Crippen molar-refractivity contribution in [2.45, 2.75) is 18.8 Å². The second kappa shape index (κ2) is 9.90. The summed E-state index contributed by atoms with van der Waals surface area (Å²) in [7, 11) is 0. The summed E-state index contributed by atoms with van der Waals surface area (Å²) in [6.07, 6.45) is -4.74. The monoisotopic (exact) mass is 426 g/mol. The minimum absolute atomic E-state index is 0.0194. The summed E-state index contributed by atoms with van der Waals surface area (Å²) in [6.45, 7) is 2.87. The van der Waals surface area contributed by atoms with Gasteiger partial charge in [-0.15, -0.1) is 13.2 Å². The Balaban J connectivity index is 1.59. The molecule has 0 spiro atoms. The number of benzene rings is 2. The van der Waals surface area contributed by atoms with Crippen molar-refractivity contribution in [2.75, 3.05) is 32.8 Å². The molecule has 1 atom stereocenters. The maximum absolute atomic E-state index is 13.3. The third-order valence-electron chi connectivity index (χ3n) is 4.76. The predicted octanol–water partition coefficient (Wildman–Crippen LogP) is 3.46. The third-order valence-corrected chi connectivity index (χ3v) is 4.76. The SMILES string of the molecule is O=C(Cc1ccc(OC(F)(F)F)cc1)NC[C@@H](c1ccc(F)cc1)N1CCOCC1. The molecule has 2 aromatic carbocycles. The van der Waals surface area contributed by atoms with Crippen molar-refractivity contribution < 1.29 is 31.8 Å². The molecule has 1 heterocycles. The molecule has 0 saturated carbocycles. The number of rotatable bonds is 7. The summed E-state index contributed by atoms with van der Waals surface area (Å²) >= 11 is 0. The maximum Gasteiger partial charge on any atom is 0.573 e. The van der Waals surface area contributed by atoms with Crippen LogP contribution in [0.4, 0.5) is 17.6 Å². The Morgan fingerprint density at radius 1 is 1.07 bits per heavy atom. The first-order valence-electron chi connectivity index (χ1n) is 9.49. The minimum Gasteiger partial charge on any atom is -0.406 e. The number of amides is 1. The van der Waals surface area contributed by atoms with Gasteiger partial charge in [0.25, 0.3) is 0 Å². The second-order valence-corrected chi connectivity index (χ2v) is 6.89. The number of halogens is 4. The van der Waals surface area contributed by atoms with Gasteiger partial charge in [-0.2, -0.15) is 0 Å². The van der Waals surface area contributed by atoms with Crippen LogP contribution in [-0.4, -0.2) is 50.0 Å². The van der Waals surface area contributed by atoms with E-state index in [1.807, 2.05) is 0 Å². The molecule has 9 heteroatoms. The fraction of sp³-hybridized carbons (Fsp3) is 0.381. The number of carbonyl (C=O) groups excluding carboxylic acids is 1. The van der Waals surface area contributed by atoms with E-state index in [4.69, 9.17) is 4.74 Å². The van der Waals surface area contributed by atoms with E-state index in [0.717, 1.165) is 5.56 Å². The number of nitrogens with zero attached hydrogens (tertiary/aromatic N) is 1. The van der Waals surface area contributed by atoms with Gasteiger partial charge in [-0.05, 0) is 35.4 Å². The van der Waals surface area contributed by atoms with Crippen molar-refractivity contribution in [2.24, 2.45) is 0 Å². The summed E-state index contributed by atoms with van der Waals surface area (Å²) in [5.74, 6) is -0.934. The first-order chi connectivity index (χ1) is 14.3. The van der Waals surface area contributed by atoms with Crippen LogP contribution in [0.5, 0.6) is 5.75 Å². The minimum atomic E-state index is -4.76. The molecule has 0 aliphatic carbocycles. The highest BCUT2D eigenvalue weighted by Crippen LogP contribution is 2.23. The Hall–Kier alpha value is -2.65. The highest BCUT2D eigenvalue weighted by Gasteiger charge is 2.31. The van der Waals surface area contributed by atoms with E-state index in [0.29, 0.717) is 38.4 Å². The molecule has 5 nitrogen and oxygen atoms in total. The second-order valence-electron chi connectivity index (χ2n) is 6.89. The first-order valence-corrected chi connectivity index (χ1v) is 9.49. The van der Waals surface area contributed by atoms with Crippen molar-refractivity contribution in [1.29, 1.82) is 0 Å². The Bertz CT molecular complexity index is 820. The Labute approximate surface area is 171 Å². The zero-order valence-corrected chi connectivity index (χ0v) is 16.1. The predicted molar refractivity (Wildman–Crippen MR) is 101 cm³/mol. The quantitative estimate of drug-likeness (QED) is 0.689. The molecule has 3 rings (SSSR count). The van der Waals surface area contributed by atoms with E-state index in [2.05, 4.69) is 15.0 Å². The van der Waals surface area contributed by atoms with Gasteiger partial charge in [-0.1, -0.05) is 24.3 Å². The van der Waals surface area contributed by atoms with E-state index < -0.39 is 6.36 Å². The molecule has 1 N–H and O–H groups in total. The fourth-order valence-corrected chi connectivity index (χ4v) is 3.30. The lowest BCUT2D eigenvalue weighted by Gasteiger charge is -2.35. The molecule has 1 amide bonds. The van der Waals surface area contributed by atoms with Gasteiger partial charge >= 0.3 is 6.36 Å². The summed E-state index contributed by atoms with van der Waals surface area (Å²) in [6, 6.07) is 11.2. The molecule has 162 valence electrons. The number of ether oxygens (including phenoxy) is 2. The van der Waals surface area contributed by atoms with Crippen molar-refractivity contribution in [3.05, 3.63) is 65.5 Å².